The lowest BCUT2D eigenvalue weighted by Gasteiger charge is -2.38. The van der Waals surface area contributed by atoms with Crippen LogP contribution in [0.4, 0.5) is 9.18 Å². The standard InChI is InChI=1S/C21H19ClFN3O3/c22-16-7-5-14(6-8-16)12-26-19(28)21(24-20(26)29)9-2-10-25(13-21)18(27)15-3-1-4-17(23)11-15/h1,3-8,11H,2,9-10,12-13H2,(H,24,29)/t21-/m1/s1. The van der Waals surface area contributed by atoms with Gasteiger partial charge in [0, 0.05) is 17.1 Å². The minimum Gasteiger partial charge on any atom is -0.336 e. The summed E-state index contributed by atoms with van der Waals surface area (Å²) in [6, 6.07) is 11.9. The highest BCUT2D eigenvalue weighted by Gasteiger charge is 2.53. The Bertz CT molecular complexity index is 981. The van der Waals surface area contributed by atoms with E-state index in [4.69, 9.17) is 11.6 Å². The van der Waals surface area contributed by atoms with Crippen molar-refractivity contribution in [2.45, 2.75) is 24.9 Å². The Hall–Kier alpha value is -2.93. The predicted octanol–water partition coefficient (Wildman–Crippen LogP) is 3.21. The number of imide groups is 1. The highest BCUT2D eigenvalue weighted by molar-refractivity contribution is 6.30. The van der Waals surface area contributed by atoms with Crippen LogP contribution in [0, 0.1) is 5.82 Å². The van der Waals surface area contributed by atoms with Crippen LogP contribution in [0.2, 0.25) is 5.02 Å². The van der Waals surface area contributed by atoms with Crippen molar-refractivity contribution in [3.63, 3.8) is 0 Å². The molecule has 2 aromatic carbocycles. The zero-order valence-electron chi connectivity index (χ0n) is 15.5. The van der Waals surface area contributed by atoms with Gasteiger partial charge in [-0.25, -0.2) is 9.18 Å². The van der Waals surface area contributed by atoms with Gasteiger partial charge in [-0.05, 0) is 48.7 Å². The molecular formula is C21H19ClFN3O3. The van der Waals surface area contributed by atoms with Gasteiger partial charge in [-0.1, -0.05) is 29.8 Å². The molecule has 1 spiro atoms. The maximum absolute atomic E-state index is 13.5. The molecule has 2 aromatic rings. The number of halogens is 2. The molecule has 1 N–H and O–H groups in total. The molecule has 0 unspecified atom stereocenters. The Balaban J connectivity index is 1.53. The van der Waals surface area contributed by atoms with Gasteiger partial charge < -0.3 is 10.2 Å². The van der Waals surface area contributed by atoms with E-state index in [0.717, 1.165) is 5.56 Å². The molecule has 29 heavy (non-hydrogen) atoms. The van der Waals surface area contributed by atoms with Crippen molar-refractivity contribution < 1.29 is 18.8 Å². The zero-order chi connectivity index (χ0) is 20.6. The number of benzene rings is 2. The van der Waals surface area contributed by atoms with Crippen LogP contribution in [0.25, 0.3) is 0 Å². The van der Waals surface area contributed by atoms with Crippen molar-refractivity contribution in [1.82, 2.24) is 15.1 Å². The largest absolute Gasteiger partial charge is 0.336 e. The summed E-state index contributed by atoms with van der Waals surface area (Å²) in [5, 5.41) is 3.36. The Morgan fingerprint density at radius 3 is 2.66 bits per heavy atom. The second-order valence-electron chi connectivity index (χ2n) is 7.37. The fraction of sp³-hybridized carbons (Fsp3) is 0.286. The van der Waals surface area contributed by atoms with Gasteiger partial charge >= 0.3 is 6.03 Å². The molecule has 150 valence electrons. The first kappa shape index (κ1) is 19.4. The molecule has 4 amide bonds. The van der Waals surface area contributed by atoms with Crippen molar-refractivity contribution >= 4 is 29.4 Å². The number of rotatable bonds is 3. The molecule has 2 fully saturated rings. The number of carbonyl (C=O) groups is 3. The zero-order valence-corrected chi connectivity index (χ0v) is 16.3. The molecule has 2 saturated heterocycles. The lowest BCUT2D eigenvalue weighted by atomic mass is 9.88. The Morgan fingerprint density at radius 1 is 1.17 bits per heavy atom. The van der Waals surface area contributed by atoms with Crippen LogP contribution in [-0.2, 0) is 11.3 Å². The number of carbonyl (C=O) groups excluding carboxylic acids is 3. The third-order valence-electron chi connectivity index (χ3n) is 5.35. The number of piperidine rings is 1. The van der Waals surface area contributed by atoms with Crippen LogP contribution >= 0.6 is 11.6 Å². The summed E-state index contributed by atoms with van der Waals surface area (Å²) in [7, 11) is 0. The molecule has 8 heteroatoms. The first-order valence-electron chi connectivity index (χ1n) is 9.31. The van der Waals surface area contributed by atoms with E-state index < -0.39 is 17.4 Å². The summed E-state index contributed by atoms with van der Waals surface area (Å²) in [6.07, 6.45) is 1.00. The first-order chi connectivity index (χ1) is 13.9. The van der Waals surface area contributed by atoms with Crippen molar-refractivity contribution in [2.24, 2.45) is 0 Å². The van der Waals surface area contributed by atoms with E-state index in [0.29, 0.717) is 24.4 Å². The average Bonchev–Trinajstić information content (AvgIpc) is 2.93. The minimum atomic E-state index is -1.15. The lowest BCUT2D eigenvalue weighted by molar-refractivity contribution is -0.133. The van der Waals surface area contributed by atoms with Gasteiger partial charge in [0.25, 0.3) is 11.8 Å². The summed E-state index contributed by atoms with van der Waals surface area (Å²) in [6.45, 7) is 0.628. The normalized spacial score (nSPS) is 21.6. The lowest BCUT2D eigenvalue weighted by Crippen LogP contribution is -2.59. The Morgan fingerprint density at radius 2 is 1.93 bits per heavy atom. The summed E-state index contributed by atoms with van der Waals surface area (Å²) in [4.78, 5) is 41.1. The number of hydrogen-bond donors (Lipinski definition) is 1. The van der Waals surface area contributed by atoms with Crippen LogP contribution in [0.15, 0.2) is 48.5 Å². The van der Waals surface area contributed by atoms with Gasteiger partial charge in [0.1, 0.15) is 11.4 Å². The van der Waals surface area contributed by atoms with Gasteiger partial charge in [0.15, 0.2) is 0 Å². The quantitative estimate of drug-likeness (QED) is 0.782. The summed E-state index contributed by atoms with van der Waals surface area (Å²) < 4.78 is 13.5. The smallest absolute Gasteiger partial charge is 0.325 e. The molecule has 0 saturated carbocycles. The van der Waals surface area contributed by atoms with Crippen LogP contribution < -0.4 is 5.32 Å². The maximum Gasteiger partial charge on any atom is 0.325 e. The molecule has 6 nitrogen and oxygen atoms in total. The van der Waals surface area contributed by atoms with E-state index in [9.17, 15) is 18.8 Å². The van der Waals surface area contributed by atoms with Crippen molar-refractivity contribution in [2.75, 3.05) is 13.1 Å². The summed E-state index contributed by atoms with van der Waals surface area (Å²) >= 11 is 5.89. The molecule has 0 radical (unpaired) electrons. The van der Waals surface area contributed by atoms with E-state index in [1.54, 1.807) is 24.3 Å². The molecule has 0 bridgehead atoms. The fourth-order valence-corrected chi connectivity index (χ4v) is 4.03. The fourth-order valence-electron chi connectivity index (χ4n) is 3.90. The minimum absolute atomic E-state index is 0.0596. The highest BCUT2D eigenvalue weighted by atomic mass is 35.5. The van der Waals surface area contributed by atoms with Crippen LogP contribution in [0.1, 0.15) is 28.8 Å². The number of amides is 4. The third kappa shape index (κ3) is 3.70. The van der Waals surface area contributed by atoms with Crippen molar-refractivity contribution in [3.05, 3.63) is 70.5 Å². The molecule has 0 aliphatic carbocycles. The third-order valence-corrected chi connectivity index (χ3v) is 5.60. The SMILES string of the molecule is O=C(c1cccc(F)c1)N1CCC[C@]2(C1)NC(=O)N(Cc1ccc(Cl)cc1)C2=O. The highest BCUT2D eigenvalue weighted by Crippen LogP contribution is 2.30. The number of likely N-dealkylation sites (tertiary alicyclic amines) is 1. The summed E-state index contributed by atoms with van der Waals surface area (Å²) in [5.74, 6) is -1.21. The molecule has 1 atom stereocenters. The van der Waals surface area contributed by atoms with E-state index in [1.165, 1.54) is 34.1 Å². The summed E-state index contributed by atoms with van der Waals surface area (Å²) in [5.41, 5.74) is -0.152. The van der Waals surface area contributed by atoms with Gasteiger partial charge in [0.2, 0.25) is 0 Å². The molecular weight excluding hydrogens is 397 g/mol. The second kappa shape index (κ2) is 7.48. The molecule has 2 aliphatic rings. The van der Waals surface area contributed by atoms with Crippen molar-refractivity contribution in [1.29, 1.82) is 0 Å². The monoisotopic (exact) mass is 415 g/mol. The Labute approximate surface area is 172 Å². The van der Waals surface area contributed by atoms with Crippen LogP contribution in [0.5, 0.6) is 0 Å². The van der Waals surface area contributed by atoms with E-state index in [2.05, 4.69) is 5.32 Å². The molecule has 4 rings (SSSR count). The Kier molecular flexibility index (Phi) is 5.00. The van der Waals surface area contributed by atoms with Crippen molar-refractivity contribution in [3.8, 4) is 0 Å². The molecule has 2 heterocycles. The van der Waals surface area contributed by atoms with Gasteiger partial charge in [0.05, 0.1) is 13.1 Å². The number of nitrogens with one attached hydrogen (secondary N) is 1. The van der Waals surface area contributed by atoms with E-state index in [1.807, 2.05) is 0 Å². The number of nitrogens with zero attached hydrogens (tertiary/aromatic N) is 2. The van der Waals surface area contributed by atoms with E-state index >= 15 is 0 Å². The van der Waals surface area contributed by atoms with Gasteiger partial charge in [-0.3, -0.25) is 14.5 Å². The van der Waals surface area contributed by atoms with Gasteiger partial charge in [-0.2, -0.15) is 0 Å². The van der Waals surface area contributed by atoms with Crippen LogP contribution in [-0.4, -0.2) is 46.3 Å². The maximum atomic E-state index is 13.5. The molecule has 0 aromatic heterocycles. The second-order valence-corrected chi connectivity index (χ2v) is 7.81. The first-order valence-corrected chi connectivity index (χ1v) is 9.69. The number of hydrogen-bond acceptors (Lipinski definition) is 3. The van der Waals surface area contributed by atoms with E-state index in [-0.39, 0.29) is 30.5 Å². The number of urea groups is 1. The topological polar surface area (TPSA) is 69.7 Å². The molecule has 2 aliphatic heterocycles. The predicted molar refractivity (Wildman–Crippen MR) is 105 cm³/mol. The van der Waals surface area contributed by atoms with Gasteiger partial charge in [-0.15, -0.1) is 0 Å². The average molecular weight is 416 g/mol. The van der Waals surface area contributed by atoms with Crippen LogP contribution in [0.3, 0.4) is 0 Å².